The predicted octanol–water partition coefficient (Wildman–Crippen LogP) is 2.34. The Labute approximate surface area is 126 Å². The van der Waals surface area contributed by atoms with Crippen molar-refractivity contribution in [3.05, 3.63) is 58.0 Å². The van der Waals surface area contributed by atoms with Crippen LogP contribution < -0.4 is 5.56 Å². The van der Waals surface area contributed by atoms with Crippen LogP contribution in [0.2, 0.25) is 0 Å². The first-order valence-electron chi connectivity index (χ1n) is 6.48. The second kappa shape index (κ2) is 6.58. The largest absolute Gasteiger partial charge is 0.481 e. The lowest BCUT2D eigenvalue weighted by molar-refractivity contribution is -0.133. The number of aromatic nitrogens is 2. The summed E-state index contributed by atoms with van der Waals surface area (Å²) in [5, 5.41) is 9.22. The number of rotatable bonds is 5. The maximum atomic E-state index is 11.4. The number of benzene rings is 1. The quantitative estimate of drug-likeness (QED) is 0.678. The average Bonchev–Trinajstić information content (AvgIpc) is 2.45. The summed E-state index contributed by atoms with van der Waals surface area (Å²) in [7, 11) is 0. The van der Waals surface area contributed by atoms with E-state index in [1.807, 2.05) is 42.7 Å². The Bertz CT molecular complexity index is 712. The van der Waals surface area contributed by atoms with Crippen molar-refractivity contribution < 1.29 is 9.90 Å². The van der Waals surface area contributed by atoms with Gasteiger partial charge in [0.2, 0.25) is 0 Å². The first kappa shape index (κ1) is 15.3. The first-order chi connectivity index (χ1) is 9.99. The molecule has 0 spiro atoms. The van der Waals surface area contributed by atoms with Crippen LogP contribution in [0, 0.1) is 6.92 Å². The van der Waals surface area contributed by atoms with Crippen LogP contribution >= 0.6 is 11.8 Å². The SMILES string of the molecule is Cc1ccccc1C(C)n1ccc(=O)nc1SCC(=O)O. The van der Waals surface area contributed by atoms with Crippen LogP contribution in [0.15, 0.2) is 46.5 Å². The summed E-state index contributed by atoms with van der Waals surface area (Å²) >= 11 is 1.05. The summed E-state index contributed by atoms with van der Waals surface area (Å²) in [5.74, 6) is -1.06. The van der Waals surface area contributed by atoms with Crippen LogP contribution in [0.3, 0.4) is 0 Å². The van der Waals surface area contributed by atoms with Crippen molar-refractivity contribution in [3.63, 3.8) is 0 Å². The topological polar surface area (TPSA) is 72.2 Å². The molecule has 2 aromatic rings. The Balaban J connectivity index is 2.40. The molecule has 0 aliphatic heterocycles. The lowest BCUT2D eigenvalue weighted by atomic mass is 10.0. The molecule has 1 heterocycles. The van der Waals surface area contributed by atoms with E-state index in [0.717, 1.165) is 22.9 Å². The van der Waals surface area contributed by atoms with E-state index in [4.69, 9.17) is 5.11 Å². The van der Waals surface area contributed by atoms with Crippen LogP contribution in [0.4, 0.5) is 0 Å². The molecule has 1 N–H and O–H groups in total. The molecular formula is C15H16N2O3S. The molecule has 0 saturated carbocycles. The minimum absolute atomic E-state index is 0.0319. The fraction of sp³-hybridized carbons (Fsp3) is 0.267. The highest BCUT2D eigenvalue weighted by Gasteiger charge is 2.14. The highest BCUT2D eigenvalue weighted by Crippen LogP contribution is 2.25. The van der Waals surface area contributed by atoms with Gasteiger partial charge in [0, 0.05) is 12.3 Å². The summed E-state index contributed by atoms with van der Waals surface area (Å²) in [6.45, 7) is 4.02. The smallest absolute Gasteiger partial charge is 0.313 e. The van der Waals surface area contributed by atoms with E-state index in [1.54, 1.807) is 6.20 Å². The standard InChI is InChI=1S/C15H16N2O3S/c1-10-5-3-4-6-12(10)11(2)17-8-7-13(18)16-15(17)21-9-14(19)20/h3-8,11H,9H2,1-2H3,(H,19,20). The minimum Gasteiger partial charge on any atom is -0.481 e. The molecule has 0 aliphatic carbocycles. The fourth-order valence-corrected chi connectivity index (χ4v) is 2.91. The molecule has 0 amide bonds. The highest BCUT2D eigenvalue weighted by molar-refractivity contribution is 7.99. The number of carbonyl (C=O) groups is 1. The lowest BCUT2D eigenvalue weighted by Gasteiger charge is -2.20. The summed E-state index contributed by atoms with van der Waals surface area (Å²) < 4.78 is 1.83. The summed E-state index contributed by atoms with van der Waals surface area (Å²) in [6.07, 6.45) is 1.66. The summed E-state index contributed by atoms with van der Waals surface area (Å²) in [4.78, 5) is 26.1. The van der Waals surface area contributed by atoms with Crippen molar-refractivity contribution in [2.45, 2.75) is 25.0 Å². The van der Waals surface area contributed by atoms with Gasteiger partial charge < -0.3 is 9.67 Å². The van der Waals surface area contributed by atoms with Crippen molar-refractivity contribution in [3.8, 4) is 0 Å². The van der Waals surface area contributed by atoms with Crippen molar-refractivity contribution in [2.75, 3.05) is 5.75 Å². The van der Waals surface area contributed by atoms with Crippen LogP contribution in [-0.4, -0.2) is 26.4 Å². The Hall–Kier alpha value is -2.08. The van der Waals surface area contributed by atoms with Gasteiger partial charge in [-0.1, -0.05) is 36.0 Å². The van der Waals surface area contributed by atoms with E-state index in [9.17, 15) is 9.59 Å². The number of thioether (sulfide) groups is 1. The maximum absolute atomic E-state index is 11.4. The van der Waals surface area contributed by atoms with E-state index in [0.29, 0.717) is 5.16 Å². The minimum atomic E-state index is -0.937. The van der Waals surface area contributed by atoms with Crippen LogP contribution in [0.5, 0.6) is 0 Å². The van der Waals surface area contributed by atoms with E-state index >= 15 is 0 Å². The van der Waals surface area contributed by atoms with E-state index < -0.39 is 5.97 Å². The van der Waals surface area contributed by atoms with Gasteiger partial charge >= 0.3 is 5.97 Å². The molecule has 6 heteroatoms. The zero-order valence-electron chi connectivity index (χ0n) is 11.8. The van der Waals surface area contributed by atoms with Crippen molar-refractivity contribution >= 4 is 17.7 Å². The van der Waals surface area contributed by atoms with Gasteiger partial charge in [0.15, 0.2) is 5.16 Å². The van der Waals surface area contributed by atoms with Gasteiger partial charge in [-0.05, 0) is 25.0 Å². The highest BCUT2D eigenvalue weighted by atomic mass is 32.2. The molecule has 2 rings (SSSR count). The Kier molecular flexibility index (Phi) is 4.80. The Morgan fingerprint density at radius 2 is 2.10 bits per heavy atom. The molecule has 110 valence electrons. The lowest BCUT2D eigenvalue weighted by Crippen LogP contribution is -2.18. The average molecular weight is 304 g/mol. The Morgan fingerprint density at radius 1 is 1.38 bits per heavy atom. The second-order valence-corrected chi connectivity index (χ2v) is 5.61. The number of carboxylic acid groups (broad SMARTS) is 1. The predicted molar refractivity (Wildman–Crippen MR) is 81.8 cm³/mol. The normalized spacial score (nSPS) is 12.1. The first-order valence-corrected chi connectivity index (χ1v) is 7.47. The number of aryl methyl sites for hydroxylation is 1. The second-order valence-electron chi connectivity index (χ2n) is 4.67. The van der Waals surface area contributed by atoms with E-state index in [-0.39, 0.29) is 17.4 Å². The Morgan fingerprint density at radius 3 is 2.76 bits per heavy atom. The van der Waals surface area contributed by atoms with E-state index in [2.05, 4.69) is 4.98 Å². The van der Waals surface area contributed by atoms with Gasteiger partial charge in [-0.25, -0.2) is 0 Å². The van der Waals surface area contributed by atoms with Crippen LogP contribution in [0.25, 0.3) is 0 Å². The van der Waals surface area contributed by atoms with Gasteiger partial charge in [0.05, 0.1) is 11.8 Å². The van der Waals surface area contributed by atoms with Crippen molar-refractivity contribution in [1.29, 1.82) is 0 Å². The van der Waals surface area contributed by atoms with Gasteiger partial charge in [0.25, 0.3) is 5.56 Å². The molecule has 1 aromatic heterocycles. The molecule has 0 aliphatic rings. The number of nitrogens with zero attached hydrogens (tertiary/aromatic N) is 2. The zero-order valence-corrected chi connectivity index (χ0v) is 12.6. The van der Waals surface area contributed by atoms with Gasteiger partial charge in [-0.15, -0.1) is 0 Å². The van der Waals surface area contributed by atoms with E-state index in [1.165, 1.54) is 6.07 Å². The van der Waals surface area contributed by atoms with Crippen LogP contribution in [-0.2, 0) is 4.79 Å². The molecular weight excluding hydrogens is 288 g/mol. The third-order valence-corrected chi connectivity index (χ3v) is 4.14. The molecule has 0 radical (unpaired) electrons. The van der Waals surface area contributed by atoms with Crippen LogP contribution in [0.1, 0.15) is 24.1 Å². The fourth-order valence-electron chi connectivity index (χ4n) is 2.13. The summed E-state index contributed by atoms with van der Waals surface area (Å²) in [5.41, 5.74) is 1.88. The monoisotopic (exact) mass is 304 g/mol. The number of carboxylic acids is 1. The molecule has 1 atom stereocenters. The number of hydrogen-bond acceptors (Lipinski definition) is 4. The number of hydrogen-bond donors (Lipinski definition) is 1. The van der Waals surface area contributed by atoms with Gasteiger partial charge in [0.1, 0.15) is 0 Å². The molecule has 5 nitrogen and oxygen atoms in total. The molecule has 0 bridgehead atoms. The maximum Gasteiger partial charge on any atom is 0.313 e. The molecule has 1 aromatic carbocycles. The molecule has 0 saturated heterocycles. The van der Waals surface area contributed by atoms with Crippen molar-refractivity contribution in [1.82, 2.24) is 9.55 Å². The van der Waals surface area contributed by atoms with Gasteiger partial charge in [-0.3, -0.25) is 9.59 Å². The third kappa shape index (κ3) is 3.72. The van der Waals surface area contributed by atoms with Crippen molar-refractivity contribution in [2.24, 2.45) is 0 Å². The molecule has 1 unspecified atom stereocenters. The molecule has 21 heavy (non-hydrogen) atoms. The number of aliphatic carboxylic acids is 1. The molecule has 0 fully saturated rings. The zero-order chi connectivity index (χ0) is 15.4. The van der Waals surface area contributed by atoms with Gasteiger partial charge in [-0.2, -0.15) is 4.98 Å². The third-order valence-electron chi connectivity index (χ3n) is 3.18. The summed E-state index contributed by atoms with van der Waals surface area (Å²) in [6, 6.07) is 9.32.